The molecule has 0 aromatic carbocycles. The van der Waals surface area contributed by atoms with Crippen LogP contribution in [0.4, 0.5) is 0 Å². The lowest BCUT2D eigenvalue weighted by Crippen LogP contribution is -2.35. The van der Waals surface area contributed by atoms with Crippen LogP contribution in [0.1, 0.15) is 17.0 Å². The van der Waals surface area contributed by atoms with Gasteiger partial charge in [0.25, 0.3) is 10.0 Å². The number of carboxylic acid groups (broad SMARTS) is 1. The molecule has 8 nitrogen and oxygen atoms in total. The Balaban J connectivity index is 2.16. The van der Waals surface area contributed by atoms with Gasteiger partial charge in [-0.1, -0.05) is 0 Å². The fraction of sp³-hybridized carbons (Fsp3) is 0.444. The van der Waals surface area contributed by atoms with Gasteiger partial charge in [-0.3, -0.25) is 0 Å². The topological polar surface area (TPSA) is 131 Å². The molecule has 0 bridgehead atoms. The van der Waals surface area contributed by atoms with Crippen LogP contribution in [0.15, 0.2) is 21.6 Å². The molecule has 1 atom stereocenters. The van der Waals surface area contributed by atoms with Crippen molar-refractivity contribution in [3.8, 4) is 0 Å². The molecule has 0 amide bonds. The lowest BCUT2D eigenvalue weighted by atomic mass is 10.3. The first-order chi connectivity index (χ1) is 8.70. The number of sulfone groups is 1. The molecule has 0 spiro atoms. The summed E-state index contributed by atoms with van der Waals surface area (Å²) in [6, 6.07) is 1.31. The van der Waals surface area contributed by atoms with Gasteiger partial charge in [0, 0.05) is 6.04 Å². The molecule has 1 fully saturated rings. The summed E-state index contributed by atoms with van der Waals surface area (Å²) in [6.45, 7) is 0. The summed E-state index contributed by atoms with van der Waals surface area (Å²) in [5.74, 6) is -2.22. The van der Waals surface area contributed by atoms with Gasteiger partial charge >= 0.3 is 5.97 Å². The Morgan fingerprint density at radius 2 is 2.11 bits per heavy atom. The molecule has 2 rings (SSSR count). The van der Waals surface area contributed by atoms with Crippen molar-refractivity contribution in [3.63, 3.8) is 0 Å². The van der Waals surface area contributed by atoms with Crippen LogP contribution in [-0.4, -0.2) is 45.5 Å². The van der Waals surface area contributed by atoms with E-state index in [0.29, 0.717) is 0 Å². The molecule has 1 saturated heterocycles. The average Bonchev–Trinajstić information content (AvgIpc) is 2.84. The molecule has 2 N–H and O–H groups in total. The van der Waals surface area contributed by atoms with Crippen molar-refractivity contribution in [3.05, 3.63) is 17.9 Å². The Morgan fingerprint density at radius 3 is 2.58 bits per heavy atom. The van der Waals surface area contributed by atoms with Crippen molar-refractivity contribution < 1.29 is 31.2 Å². The van der Waals surface area contributed by atoms with Gasteiger partial charge in [-0.05, 0) is 18.6 Å². The molecule has 1 unspecified atom stereocenters. The summed E-state index contributed by atoms with van der Waals surface area (Å²) < 4.78 is 53.0. The number of sulfonamides is 1. The summed E-state index contributed by atoms with van der Waals surface area (Å²) >= 11 is 0. The van der Waals surface area contributed by atoms with Crippen LogP contribution < -0.4 is 4.72 Å². The number of aromatic carboxylic acids is 1. The zero-order valence-corrected chi connectivity index (χ0v) is 11.2. The normalized spacial score (nSPS) is 22.4. The monoisotopic (exact) mass is 309 g/mol. The highest BCUT2D eigenvalue weighted by molar-refractivity contribution is 7.92. The minimum Gasteiger partial charge on any atom is -0.475 e. The molecule has 1 aromatic heterocycles. The van der Waals surface area contributed by atoms with Crippen molar-refractivity contribution in [1.29, 1.82) is 0 Å². The first-order valence-corrected chi connectivity index (χ1v) is 8.56. The first kappa shape index (κ1) is 14.0. The summed E-state index contributed by atoms with van der Waals surface area (Å²) in [4.78, 5) is 10.6. The van der Waals surface area contributed by atoms with Gasteiger partial charge in [-0.15, -0.1) is 0 Å². The van der Waals surface area contributed by atoms with Crippen molar-refractivity contribution in [1.82, 2.24) is 4.72 Å². The van der Waals surface area contributed by atoms with Crippen LogP contribution in [0, 0.1) is 0 Å². The standard InChI is InChI=1S/C9H11NO7S2/c11-9(12)7-1-2-8(17-7)19(15,16)10-6-3-4-18(13,14)5-6/h1-2,6,10H,3-5H2,(H,11,12). The SMILES string of the molecule is O=C(O)c1ccc(S(=O)(=O)NC2CCS(=O)(=O)C2)o1. The maximum atomic E-state index is 11.8. The summed E-state index contributed by atoms with van der Waals surface area (Å²) in [7, 11) is -7.26. The molecule has 2 heterocycles. The predicted octanol–water partition coefficient (Wildman–Crippen LogP) is -0.557. The zero-order chi connectivity index (χ0) is 14.3. The predicted molar refractivity (Wildman–Crippen MR) is 63.0 cm³/mol. The average molecular weight is 309 g/mol. The first-order valence-electron chi connectivity index (χ1n) is 5.25. The molecule has 0 aliphatic carbocycles. The second kappa shape index (κ2) is 4.62. The van der Waals surface area contributed by atoms with Crippen molar-refractivity contribution in [2.45, 2.75) is 17.6 Å². The second-order valence-electron chi connectivity index (χ2n) is 4.15. The zero-order valence-electron chi connectivity index (χ0n) is 9.57. The van der Waals surface area contributed by atoms with Crippen molar-refractivity contribution in [2.24, 2.45) is 0 Å². The molecular weight excluding hydrogens is 298 g/mol. The highest BCUT2D eigenvalue weighted by Crippen LogP contribution is 2.17. The number of furan rings is 1. The Kier molecular flexibility index (Phi) is 3.41. The largest absolute Gasteiger partial charge is 0.475 e. The lowest BCUT2D eigenvalue weighted by molar-refractivity contribution is 0.0656. The number of nitrogens with one attached hydrogen (secondary N) is 1. The third kappa shape index (κ3) is 3.14. The Labute approximate surface area is 109 Å². The van der Waals surface area contributed by atoms with Gasteiger partial charge in [0.05, 0.1) is 11.5 Å². The molecule has 1 aliphatic rings. The summed E-state index contributed by atoms with van der Waals surface area (Å²) in [6.07, 6.45) is 0.189. The molecule has 10 heteroatoms. The van der Waals surface area contributed by atoms with Crippen LogP contribution in [0.2, 0.25) is 0 Å². The molecule has 106 valence electrons. The van der Waals surface area contributed by atoms with E-state index in [1.807, 2.05) is 0 Å². The van der Waals surface area contributed by atoms with Gasteiger partial charge in [-0.25, -0.2) is 26.4 Å². The second-order valence-corrected chi connectivity index (χ2v) is 8.02. The third-order valence-corrected chi connectivity index (χ3v) is 5.77. The molecule has 1 aliphatic heterocycles. The van der Waals surface area contributed by atoms with E-state index in [1.165, 1.54) is 0 Å². The number of carboxylic acids is 1. The summed E-state index contributed by atoms with van der Waals surface area (Å²) in [5, 5.41) is 8.08. The molecular formula is C9H11NO7S2. The van der Waals surface area contributed by atoms with Gasteiger partial charge in [-0.2, -0.15) is 0 Å². The molecule has 1 aromatic rings. The number of hydrogen-bond acceptors (Lipinski definition) is 6. The Hall–Kier alpha value is -1.39. The highest BCUT2D eigenvalue weighted by Gasteiger charge is 2.32. The smallest absolute Gasteiger partial charge is 0.371 e. The van der Waals surface area contributed by atoms with Gasteiger partial charge in [0.1, 0.15) is 0 Å². The van der Waals surface area contributed by atoms with E-state index in [0.717, 1.165) is 12.1 Å². The van der Waals surface area contributed by atoms with Gasteiger partial charge in [0.15, 0.2) is 9.84 Å². The molecule has 19 heavy (non-hydrogen) atoms. The quantitative estimate of drug-likeness (QED) is 0.762. The highest BCUT2D eigenvalue weighted by atomic mass is 32.2. The molecule has 0 saturated carbocycles. The van der Waals surface area contributed by atoms with Gasteiger partial charge < -0.3 is 9.52 Å². The van der Waals surface area contributed by atoms with Crippen molar-refractivity contribution in [2.75, 3.05) is 11.5 Å². The van der Waals surface area contributed by atoms with E-state index >= 15 is 0 Å². The Morgan fingerprint density at radius 1 is 1.42 bits per heavy atom. The van der Waals surface area contributed by atoms with E-state index < -0.39 is 42.7 Å². The van der Waals surface area contributed by atoms with E-state index in [4.69, 9.17) is 5.11 Å². The fourth-order valence-electron chi connectivity index (χ4n) is 1.74. The van der Waals surface area contributed by atoms with Crippen LogP contribution in [0.5, 0.6) is 0 Å². The van der Waals surface area contributed by atoms with Crippen LogP contribution >= 0.6 is 0 Å². The Bertz CT molecular complexity index is 701. The van der Waals surface area contributed by atoms with Crippen LogP contribution in [0.3, 0.4) is 0 Å². The van der Waals surface area contributed by atoms with Gasteiger partial charge in [0.2, 0.25) is 10.9 Å². The van der Waals surface area contributed by atoms with Crippen LogP contribution in [-0.2, 0) is 19.9 Å². The maximum Gasteiger partial charge on any atom is 0.371 e. The fourth-order valence-corrected chi connectivity index (χ4v) is 4.73. The van der Waals surface area contributed by atoms with E-state index in [2.05, 4.69) is 9.14 Å². The number of rotatable bonds is 4. The summed E-state index contributed by atoms with van der Waals surface area (Å²) in [5.41, 5.74) is 0. The number of hydrogen-bond donors (Lipinski definition) is 2. The third-order valence-electron chi connectivity index (χ3n) is 2.61. The van der Waals surface area contributed by atoms with E-state index in [1.54, 1.807) is 0 Å². The lowest BCUT2D eigenvalue weighted by Gasteiger charge is -2.09. The molecule has 0 radical (unpaired) electrons. The van der Waals surface area contributed by atoms with Crippen LogP contribution in [0.25, 0.3) is 0 Å². The van der Waals surface area contributed by atoms with E-state index in [-0.39, 0.29) is 17.9 Å². The minimum absolute atomic E-state index is 0.0707. The number of carbonyl (C=O) groups is 1. The van der Waals surface area contributed by atoms with Crippen molar-refractivity contribution >= 4 is 25.8 Å². The van der Waals surface area contributed by atoms with E-state index in [9.17, 15) is 21.6 Å². The minimum atomic E-state index is -4.05. The maximum absolute atomic E-state index is 11.8.